The smallest absolute Gasteiger partial charge is 0.324 e. The maximum atomic E-state index is 12.0. The standard InChI is InChI=1S/C19H18Cl2N4O3/c1-11-3-6-14(7-4-11)22-18(27)19(28)25-24-12(2)9-17(26)23-16-8-5-13(20)10-15(16)21/h3-8,10H,9H2,1-2H3,(H,22,27)(H,23,26)(H,25,28). The van der Waals surface area contributed by atoms with Crippen LogP contribution in [0.2, 0.25) is 10.0 Å². The van der Waals surface area contributed by atoms with E-state index in [2.05, 4.69) is 21.2 Å². The van der Waals surface area contributed by atoms with Gasteiger partial charge in [0.25, 0.3) is 0 Å². The number of aryl methyl sites for hydroxylation is 1. The van der Waals surface area contributed by atoms with Crippen molar-refractivity contribution in [1.29, 1.82) is 0 Å². The van der Waals surface area contributed by atoms with Crippen LogP contribution >= 0.6 is 23.2 Å². The predicted octanol–water partition coefficient (Wildman–Crippen LogP) is 3.76. The molecule has 0 saturated heterocycles. The van der Waals surface area contributed by atoms with Crippen LogP contribution in [0.3, 0.4) is 0 Å². The van der Waals surface area contributed by atoms with E-state index in [1.807, 2.05) is 6.92 Å². The molecule has 0 aliphatic rings. The number of nitrogens with zero attached hydrogens (tertiary/aromatic N) is 1. The maximum Gasteiger partial charge on any atom is 0.329 e. The van der Waals surface area contributed by atoms with E-state index in [-0.39, 0.29) is 12.3 Å². The third-order valence-corrected chi connectivity index (χ3v) is 4.03. The number of halogens is 2. The van der Waals surface area contributed by atoms with Gasteiger partial charge < -0.3 is 10.6 Å². The molecule has 0 unspecified atom stereocenters. The molecule has 2 aromatic carbocycles. The highest BCUT2D eigenvalue weighted by Crippen LogP contribution is 2.25. The number of carbonyl (C=O) groups excluding carboxylic acids is 3. The molecule has 2 rings (SSSR count). The van der Waals surface area contributed by atoms with E-state index in [4.69, 9.17) is 23.2 Å². The molecule has 0 aromatic heterocycles. The molecule has 2 aromatic rings. The molecular weight excluding hydrogens is 403 g/mol. The summed E-state index contributed by atoms with van der Waals surface area (Å²) in [5.41, 5.74) is 4.35. The highest BCUT2D eigenvalue weighted by molar-refractivity contribution is 6.39. The number of rotatable bonds is 5. The minimum Gasteiger partial charge on any atom is -0.324 e. The van der Waals surface area contributed by atoms with Crippen LogP contribution in [0.25, 0.3) is 0 Å². The number of benzene rings is 2. The third-order valence-electron chi connectivity index (χ3n) is 3.49. The fourth-order valence-corrected chi connectivity index (χ4v) is 2.53. The van der Waals surface area contributed by atoms with Crippen molar-refractivity contribution in [2.24, 2.45) is 5.10 Å². The second kappa shape index (κ2) is 9.87. The first-order chi connectivity index (χ1) is 13.2. The Morgan fingerprint density at radius 1 is 0.964 bits per heavy atom. The number of carbonyl (C=O) groups is 3. The molecule has 146 valence electrons. The highest BCUT2D eigenvalue weighted by Gasteiger charge is 2.14. The maximum absolute atomic E-state index is 12.0. The Balaban J connectivity index is 1.85. The van der Waals surface area contributed by atoms with E-state index < -0.39 is 11.8 Å². The molecule has 9 heteroatoms. The van der Waals surface area contributed by atoms with Gasteiger partial charge in [0.2, 0.25) is 5.91 Å². The van der Waals surface area contributed by atoms with E-state index in [1.54, 1.807) is 43.3 Å². The lowest BCUT2D eigenvalue weighted by Gasteiger charge is -2.08. The summed E-state index contributed by atoms with van der Waals surface area (Å²) in [6.07, 6.45) is -0.0984. The number of nitrogens with one attached hydrogen (secondary N) is 3. The minimum absolute atomic E-state index is 0.0984. The van der Waals surface area contributed by atoms with Crippen molar-refractivity contribution in [3.05, 3.63) is 58.1 Å². The Labute approximate surface area is 172 Å². The second-order valence-electron chi connectivity index (χ2n) is 5.96. The second-order valence-corrected chi connectivity index (χ2v) is 6.80. The zero-order valence-electron chi connectivity index (χ0n) is 15.2. The van der Waals surface area contributed by atoms with Crippen molar-refractivity contribution < 1.29 is 14.4 Å². The first-order valence-electron chi connectivity index (χ1n) is 8.20. The summed E-state index contributed by atoms with van der Waals surface area (Å²) in [5.74, 6) is -2.19. The first-order valence-corrected chi connectivity index (χ1v) is 8.96. The molecule has 0 aliphatic heterocycles. The Morgan fingerprint density at radius 2 is 1.64 bits per heavy atom. The van der Waals surface area contributed by atoms with Gasteiger partial charge in [0.15, 0.2) is 0 Å². The van der Waals surface area contributed by atoms with Gasteiger partial charge in [0.1, 0.15) is 0 Å². The van der Waals surface area contributed by atoms with E-state index in [0.717, 1.165) is 5.56 Å². The molecule has 0 atom stereocenters. The Morgan fingerprint density at radius 3 is 2.29 bits per heavy atom. The van der Waals surface area contributed by atoms with Gasteiger partial charge in [0, 0.05) is 16.4 Å². The molecule has 28 heavy (non-hydrogen) atoms. The molecule has 0 spiro atoms. The zero-order chi connectivity index (χ0) is 20.7. The van der Waals surface area contributed by atoms with Crippen molar-refractivity contribution in [3.8, 4) is 0 Å². The summed E-state index contributed by atoms with van der Waals surface area (Å²) in [6, 6.07) is 11.7. The summed E-state index contributed by atoms with van der Waals surface area (Å²) in [4.78, 5) is 35.7. The van der Waals surface area contributed by atoms with Gasteiger partial charge in [-0.05, 0) is 44.2 Å². The number of amides is 3. The van der Waals surface area contributed by atoms with E-state index in [1.165, 1.54) is 6.07 Å². The SMILES string of the molecule is CC(CC(=O)Nc1ccc(Cl)cc1Cl)=NNC(=O)C(=O)Nc1ccc(C)cc1. The van der Waals surface area contributed by atoms with Crippen molar-refractivity contribution in [2.45, 2.75) is 20.3 Å². The summed E-state index contributed by atoms with van der Waals surface area (Å²) >= 11 is 11.8. The van der Waals surface area contributed by atoms with Gasteiger partial charge in [-0.3, -0.25) is 14.4 Å². The number of hydrogen-bond acceptors (Lipinski definition) is 4. The number of hydrazone groups is 1. The van der Waals surface area contributed by atoms with Crippen LogP contribution in [0.15, 0.2) is 47.6 Å². The fourth-order valence-electron chi connectivity index (χ4n) is 2.08. The van der Waals surface area contributed by atoms with Crippen molar-refractivity contribution >= 4 is 58.0 Å². The predicted molar refractivity (Wildman–Crippen MR) is 111 cm³/mol. The lowest BCUT2D eigenvalue weighted by atomic mass is 10.2. The normalized spacial score (nSPS) is 10.9. The average molecular weight is 421 g/mol. The van der Waals surface area contributed by atoms with Crippen LogP contribution in [-0.4, -0.2) is 23.4 Å². The lowest BCUT2D eigenvalue weighted by molar-refractivity contribution is -0.136. The first kappa shape index (κ1) is 21.4. The monoisotopic (exact) mass is 420 g/mol. The van der Waals surface area contributed by atoms with Gasteiger partial charge in [-0.25, -0.2) is 5.43 Å². The van der Waals surface area contributed by atoms with Crippen LogP contribution < -0.4 is 16.1 Å². The average Bonchev–Trinajstić information content (AvgIpc) is 2.64. The van der Waals surface area contributed by atoms with Crippen LogP contribution in [0.1, 0.15) is 18.9 Å². The van der Waals surface area contributed by atoms with Crippen LogP contribution in [0.5, 0.6) is 0 Å². The van der Waals surface area contributed by atoms with Crippen LogP contribution in [0, 0.1) is 6.92 Å². The lowest BCUT2D eigenvalue weighted by Crippen LogP contribution is -2.33. The Bertz CT molecular complexity index is 927. The van der Waals surface area contributed by atoms with Crippen molar-refractivity contribution in [3.63, 3.8) is 0 Å². The molecule has 0 heterocycles. The molecular formula is C19H18Cl2N4O3. The zero-order valence-corrected chi connectivity index (χ0v) is 16.7. The van der Waals surface area contributed by atoms with Gasteiger partial charge in [-0.15, -0.1) is 0 Å². The Hall–Kier alpha value is -2.90. The summed E-state index contributed by atoms with van der Waals surface area (Å²) in [6.45, 7) is 3.45. The van der Waals surface area contributed by atoms with Crippen molar-refractivity contribution in [2.75, 3.05) is 10.6 Å². The molecule has 0 radical (unpaired) electrons. The molecule has 0 aliphatic carbocycles. The Kier molecular flexibility index (Phi) is 7.54. The van der Waals surface area contributed by atoms with Crippen LogP contribution in [-0.2, 0) is 14.4 Å². The summed E-state index contributed by atoms with van der Waals surface area (Å²) < 4.78 is 0. The van der Waals surface area contributed by atoms with Gasteiger partial charge in [0.05, 0.1) is 17.1 Å². The molecule has 0 bridgehead atoms. The fraction of sp³-hybridized carbons (Fsp3) is 0.158. The topological polar surface area (TPSA) is 99.7 Å². The summed E-state index contributed by atoms with van der Waals surface area (Å²) in [7, 11) is 0. The minimum atomic E-state index is -0.943. The molecule has 3 N–H and O–H groups in total. The van der Waals surface area contributed by atoms with Gasteiger partial charge >= 0.3 is 11.8 Å². The molecule has 3 amide bonds. The van der Waals surface area contributed by atoms with Gasteiger partial charge in [-0.2, -0.15) is 5.10 Å². The van der Waals surface area contributed by atoms with E-state index in [0.29, 0.717) is 27.1 Å². The largest absolute Gasteiger partial charge is 0.329 e. The highest BCUT2D eigenvalue weighted by atomic mass is 35.5. The summed E-state index contributed by atoms with van der Waals surface area (Å²) in [5, 5.41) is 9.58. The van der Waals surface area contributed by atoms with Crippen molar-refractivity contribution in [1.82, 2.24) is 5.43 Å². The van der Waals surface area contributed by atoms with Gasteiger partial charge in [-0.1, -0.05) is 40.9 Å². The third kappa shape index (κ3) is 6.68. The number of anilines is 2. The van der Waals surface area contributed by atoms with E-state index >= 15 is 0 Å². The molecule has 0 saturated carbocycles. The number of hydrogen-bond donors (Lipinski definition) is 3. The molecule has 7 nitrogen and oxygen atoms in total. The molecule has 0 fully saturated rings. The van der Waals surface area contributed by atoms with Crippen LogP contribution in [0.4, 0.5) is 11.4 Å². The van der Waals surface area contributed by atoms with E-state index in [9.17, 15) is 14.4 Å². The quantitative estimate of drug-likeness (QED) is 0.389.